The van der Waals surface area contributed by atoms with E-state index in [1.54, 1.807) is 0 Å². The normalized spacial score (nSPS) is 13.1. The Hall–Kier alpha value is -3.27. The number of benzene rings is 4. The van der Waals surface area contributed by atoms with Crippen LogP contribution in [0.3, 0.4) is 0 Å². The molecule has 34 heavy (non-hydrogen) atoms. The monoisotopic (exact) mass is 463 g/mol. The van der Waals surface area contributed by atoms with Crippen molar-refractivity contribution in [2.75, 3.05) is 0 Å². The van der Waals surface area contributed by atoms with Crippen molar-refractivity contribution in [3.63, 3.8) is 0 Å². The molecule has 0 amide bonds. The van der Waals surface area contributed by atoms with Crippen molar-refractivity contribution in [3.8, 4) is 0 Å². The standard InChI is InChI=1S/C31H33NOSi/c1-31(2,3)34(28-20-12-6-13-21-28,29-22-14-7-15-23-29)33-30(27-18-10-5-11-19-27)25-32-24-26-16-8-4-9-17-26/h4-23,25,30H,24H2,1-3H3. The summed E-state index contributed by atoms with van der Waals surface area (Å²) in [5, 5.41) is 2.44. The Bertz CT molecular complexity index is 1130. The summed E-state index contributed by atoms with van der Waals surface area (Å²) in [6.07, 6.45) is 1.75. The van der Waals surface area contributed by atoms with Crippen molar-refractivity contribution in [1.82, 2.24) is 0 Å². The van der Waals surface area contributed by atoms with Crippen LogP contribution in [0.1, 0.15) is 38.0 Å². The maximum Gasteiger partial charge on any atom is 0.262 e. The van der Waals surface area contributed by atoms with Crippen LogP contribution in [-0.4, -0.2) is 14.5 Å². The predicted octanol–water partition coefficient (Wildman–Crippen LogP) is 6.58. The molecule has 0 spiro atoms. The Morgan fingerprint density at radius 2 is 1.12 bits per heavy atom. The zero-order valence-corrected chi connectivity index (χ0v) is 21.3. The van der Waals surface area contributed by atoms with Gasteiger partial charge in [0, 0.05) is 6.21 Å². The van der Waals surface area contributed by atoms with Crippen LogP contribution in [-0.2, 0) is 11.0 Å². The number of aliphatic imine (C=N–C) groups is 1. The molecular formula is C31H33NOSi. The smallest absolute Gasteiger partial charge is 0.262 e. The molecule has 1 unspecified atom stereocenters. The summed E-state index contributed by atoms with van der Waals surface area (Å²) >= 11 is 0. The molecule has 0 aromatic heterocycles. The Morgan fingerprint density at radius 3 is 1.59 bits per heavy atom. The van der Waals surface area contributed by atoms with Crippen molar-refractivity contribution in [2.45, 2.75) is 38.5 Å². The second-order valence-corrected chi connectivity index (χ2v) is 13.8. The van der Waals surface area contributed by atoms with Gasteiger partial charge in [0.05, 0.1) is 6.54 Å². The van der Waals surface area contributed by atoms with E-state index in [0.29, 0.717) is 6.54 Å². The minimum absolute atomic E-state index is 0.101. The van der Waals surface area contributed by atoms with E-state index in [0.717, 1.165) is 5.56 Å². The average Bonchev–Trinajstić information content (AvgIpc) is 2.87. The Morgan fingerprint density at radius 1 is 0.676 bits per heavy atom. The third-order valence-corrected chi connectivity index (χ3v) is 11.2. The van der Waals surface area contributed by atoms with Crippen molar-refractivity contribution >= 4 is 24.9 Å². The van der Waals surface area contributed by atoms with Crippen molar-refractivity contribution in [2.24, 2.45) is 4.99 Å². The lowest BCUT2D eigenvalue weighted by Crippen LogP contribution is -2.67. The van der Waals surface area contributed by atoms with Crippen molar-refractivity contribution < 1.29 is 4.43 Å². The molecular weight excluding hydrogens is 430 g/mol. The summed E-state index contributed by atoms with van der Waals surface area (Å²) in [5.41, 5.74) is 2.31. The van der Waals surface area contributed by atoms with E-state index in [2.05, 4.69) is 130 Å². The summed E-state index contributed by atoms with van der Waals surface area (Å²) in [6, 6.07) is 42.4. The minimum Gasteiger partial charge on any atom is -0.395 e. The Balaban J connectivity index is 1.82. The molecule has 0 N–H and O–H groups in total. The lowest BCUT2D eigenvalue weighted by Gasteiger charge is -2.44. The molecule has 4 aromatic rings. The van der Waals surface area contributed by atoms with Crippen LogP contribution >= 0.6 is 0 Å². The summed E-state index contributed by atoms with van der Waals surface area (Å²) in [6.45, 7) is 7.56. The van der Waals surface area contributed by atoms with Crippen molar-refractivity contribution in [3.05, 3.63) is 132 Å². The first-order valence-electron chi connectivity index (χ1n) is 11.9. The molecule has 4 rings (SSSR count). The Labute approximate surface area is 205 Å². The molecule has 0 fully saturated rings. The molecule has 0 saturated carbocycles. The fraction of sp³-hybridized carbons (Fsp3) is 0.194. The highest BCUT2D eigenvalue weighted by molar-refractivity contribution is 6.99. The van der Waals surface area contributed by atoms with Crippen LogP contribution < -0.4 is 10.4 Å². The van der Waals surface area contributed by atoms with E-state index < -0.39 is 8.32 Å². The van der Waals surface area contributed by atoms with Gasteiger partial charge < -0.3 is 4.43 Å². The number of rotatable bonds is 8. The summed E-state index contributed by atoms with van der Waals surface area (Å²) in [5.74, 6) is 0. The lowest BCUT2D eigenvalue weighted by molar-refractivity contribution is 0.259. The quantitative estimate of drug-likeness (QED) is 0.214. The molecule has 0 aliphatic heterocycles. The minimum atomic E-state index is -2.72. The van der Waals surface area contributed by atoms with Gasteiger partial charge in [-0.25, -0.2) is 0 Å². The first kappa shape index (κ1) is 23.9. The third kappa shape index (κ3) is 5.27. The van der Waals surface area contributed by atoms with Gasteiger partial charge in [-0.05, 0) is 26.5 Å². The van der Waals surface area contributed by atoms with Crippen LogP contribution in [0.4, 0.5) is 0 Å². The summed E-state index contributed by atoms with van der Waals surface area (Å²) < 4.78 is 7.39. The average molecular weight is 464 g/mol. The number of nitrogens with zero attached hydrogens (tertiary/aromatic N) is 1. The maximum absolute atomic E-state index is 7.39. The van der Waals surface area contributed by atoms with Crippen LogP contribution in [0.2, 0.25) is 5.04 Å². The zero-order chi connectivity index (χ0) is 23.9. The molecule has 4 aromatic carbocycles. The van der Waals surface area contributed by atoms with E-state index in [4.69, 9.17) is 9.42 Å². The Kier molecular flexibility index (Phi) is 7.56. The third-order valence-electron chi connectivity index (χ3n) is 6.21. The fourth-order valence-corrected chi connectivity index (χ4v) is 9.14. The van der Waals surface area contributed by atoms with Crippen LogP contribution in [0, 0.1) is 0 Å². The number of hydrogen-bond donors (Lipinski definition) is 0. The summed E-state index contributed by atoms with van der Waals surface area (Å²) in [4.78, 5) is 4.84. The molecule has 172 valence electrons. The largest absolute Gasteiger partial charge is 0.395 e. The maximum atomic E-state index is 7.39. The van der Waals surface area contributed by atoms with E-state index in [-0.39, 0.29) is 11.1 Å². The molecule has 0 aliphatic carbocycles. The van der Waals surface area contributed by atoms with E-state index in [1.165, 1.54) is 15.9 Å². The molecule has 1 atom stereocenters. The van der Waals surface area contributed by atoms with Gasteiger partial charge in [0.1, 0.15) is 6.10 Å². The molecule has 0 aliphatic rings. The fourth-order valence-electron chi connectivity index (χ4n) is 4.55. The van der Waals surface area contributed by atoms with Crippen molar-refractivity contribution in [1.29, 1.82) is 0 Å². The van der Waals surface area contributed by atoms with E-state index in [9.17, 15) is 0 Å². The second kappa shape index (κ2) is 10.8. The topological polar surface area (TPSA) is 21.6 Å². The zero-order valence-electron chi connectivity index (χ0n) is 20.3. The molecule has 0 heterocycles. The number of hydrogen-bond acceptors (Lipinski definition) is 2. The highest BCUT2D eigenvalue weighted by Crippen LogP contribution is 2.39. The molecule has 0 bridgehead atoms. The first-order chi connectivity index (χ1) is 16.5. The molecule has 0 saturated heterocycles. The van der Waals surface area contributed by atoms with Crippen LogP contribution in [0.25, 0.3) is 0 Å². The van der Waals surface area contributed by atoms with Gasteiger partial charge in [-0.3, -0.25) is 4.99 Å². The van der Waals surface area contributed by atoms with Gasteiger partial charge in [0.25, 0.3) is 8.32 Å². The van der Waals surface area contributed by atoms with E-state index >= 15 is 0 Å². The van der Waals surface area contributed by atoms with E-state index in [1.807, 2.05) is 18.3 Å². The molecule has 0 radical (unpaired) electrons. The van der Waals surface area contributed by atoms with Gasteiger partial charge >= 0.3 is 0 Å². The van der Waals surface area contributed by atoms with Crippen LogP contribution in [0.5, 0.6) is 0 Å². The van der Waals surface area contributed by atoms with Gasteiger partial charge in [-0.2, -0.15) is 0 Å². The lowest BCUT2D eigenvalue weighted by atomic mass is 10.1. The second-order valence-electron chi connectivity index (χ2n) is 9.59. The molecule has 3 heteroatoms. The van der Waals surface area contributed by atoms with Gasteiger partial charge in [0.2, 0.25) is 0 Å². The van der Waals surface area contributed by atoms with Gasteiger partial charge in [-0.1, -0.05) is 142 Å². The highest BCUT2D eigenvalue weighted by Gasteiger charge is 2.51. The predicted molar refractivity (Wildman–Crippen MR) is 147 cm³/mol. The SMILES string of the molecule is CC(C)(C)[Si](OC(C=NCc1ccccc1)c1ccccc1)(c1ccccc1)c1ccccc1. The molecule has 2 nitrogen and oxygen atoms in total. The highest BCUT2D eigenvalue weighted by atomic mass is 28.4. The summed E-state index contributed by atoms with van der Waals surface area (Å²) in [7, 11) is -2.72. The van der Waals surface area contributed by atoms with Crippen LogP contribution in [0.15, 0.2) is 126 Å². The first-order valence-corrected chi connectivity index (χ1v) is 13.8. The van der Waals surface area contributed by atoms with Gasteiger partial charge in [-0.15, -0.1) is 0 Å². The van der Waals surface area contributed by atoms with Gasteiger partial charge in [0.15, 0.2) is 0 Å².